The van der Waals surface area contributed by atoms with Gasteiger partial charge in [0.05, 0.1) is 23.0 Å². The Balaban J connectivity index is 2.33. The van der Waals surface area contributed by atoms with E-state index in [2.05, 4.69) is 4.98 Å². The van der Waals surface area contributed by atoms with Crippen LogP contribution in [0.4, 0.5) is 4.39 Å². The van der Waals surface area contributed by atoms with Crippen LogP contribution in [0.1, 0.15) is 0 Å². The van der Waals surface area contributed by atoms with E-state index in [9.17, 15) is 9.18 Å². The second kappa shape index (κ2) is 5.68. The molecule has 1 aromatic carbocycles. The Kier molecular flexibility index (Phi) is 3.73. The Morgan fingerprint density at radius 2 is 2.19 bits per heavy atom. The molecule has 0 saturated carbocycles. The SMILES string of the molecule is N#CCSc1nc2ccsc2c(=O)n1-c1ccccc1F. The zero-order chi connectivity index (χ0) is 14.8. The number of hydrogen-bond acceptors (Lipinski definition) is 5. The molecule has 0 amide bonds. The maximum absolute atomic E-state index is 14.0. The minimum absolute atomic E-state index is 0.135. The van der Waals surface area contributed by atoms with Gasteiger partial charge in [-0.2, -0.15) is 5.26 Å². The molecule has 3 aromatic rings. The molecule has 0 aliphatic heterocycles. The summed E-state index contributed by atoms with van der Waals surface area (Å²) in [6.45, 7) is 0. The lowest BCUT2D eigenvalue weighted by atomic mass is 10.3. The van der Waals surface area contributed by atoms with Gasteiger partial charge in [0.1, 0.15) is 10.5 Å². The molecule has 0 unspecified atom stereocenters. The third kappa shape index (κ3) is 2.44. The maximum Gasteiger partial charge on any atom is 0.276 e. The smallest absolute Gasteiger partial charge is 0.267 e. The van der Waals surface area contributed by atoms with Crippen molar-refractivity contribution < 1.29 is 4.39 Å². The van der Waals surface area contributed by atoms with Crippen LogP contribution >= 0.6 is 23.1 Å². The summed E-state index contributed by atoms with van der Waals surface area (Å²) >= 11 is 2.38. The Hall–Kier alpha value is -2.17. The summed E-state index contributed by atoms with van der Waals surface area (Å²) in [6.07, 6.45) is 0. The average Bonchev–Trinajstić information content (AvgIpc) is 2.95. The van der Waals surface area contributed by atoms with Gasteiger partial charge in [0, 0.05) is 0 Å². The summed E-state index contributed by atoms with van der Waals surface area (Å²) in [7, 11) is 0. The number of thiophene rings is 1. The number of nitriles is 1. The van der Waals surface area contributed by atoms with Gasteiger partial charge in [-0.3, -0.25) is 9.36 Å². The molecule has 21 heavy (non-hydrogen) atoms. The molecule has 0 saturated heterocycles. The molecule has 0 fully saturated rings. The first-order valence-corrected chi connectivity index (χ1v) is 7.84. The van der Waals surface area contributed by atoms with E-state index >= 15 is 0 Å². The zero-order valence-corrected chi connectivity index (χ0v) is 12.2. The molecule has 0 atom stereocenters. The molecule has 0 aliphatic rings. The van der Waals surface area contributed by atoms with Crippen LogP contribution in [0.2, 0.25) is 0 Å². The Labute approximate surface area is 127 Å². The van der Waals surface area contributed by atoms with Crippen molar-refractivity contribution in [1.29, 1.82) is 5.26 Å². The number of nitrogens with zero attached hydrogens (tertiary/aromatic N) is 3. The van der Waals surface area contributed by atoms with Gasteiger partial charge in [-0.15, -0.1) is 11.3 Å². The molecule has 2 aromatic heterocycles. The van der Waals surface area contributed by atoms with Crippen LogP contribution in [0, 0.1) is 17.1 Å². The number of para-hydroxylation sites is 1. The first kappa shape index (κ1) is 13.8. The largest absolute Gasteiger partial charge is 0.276 e. The summed E-state index contributed by atoms with van der Waals surface area (Å²) in [5.41, 5.74) is 0.393. The lowest BCUT2D eigenvalue weighted by Gasteiger charge is -2.11. The van der Waals surface area contributed by atoms with Gasteiger partial charge < -0.3 is 0 Å². The molecule has 0 radical (unpaired) electrons. The molecule has 0 spiro atoms. The Bertz CT molecular complexity index is 910. The van der Waals surface area contributed by atoms with Crippen molar-refractivity contribution in [2.45, 2.75) is 5.16 Å². The van der Waals surface area contributed by atoms with E-state index in [1.165, 1.54) is 28.0 Å². The van der Waals surface area contributed by atoms with Crippen LogP contribution in [-0.2, 0) is 0 Å². The number of rotatable bonds is 3. The van der Waals surface area contributed by atoms with Gasteiger partial charge >= 0.3 is 0 Å². The number of hydrogen-bond donors (Lipinski definition) is 0. The highest BCUT2D eigenvalue weighted by molar-refractivity contribution is 7.99. The fraction of sp³-hybridized carbons (Fsp3) is 0.0714. The predicted molar refractivity (Wildman–Crippen MR) is 81.5 cm³/mol. The second-order valence-corrected chi connectivity index (χ2v) is 5.93. The molecule has 4 nitrogen and oxygen atoms in total. The van der Waals surface area contributed by atoms with Crippen molar-refractivity contribution in [1.82, 2.24) is 9.55 Å². The fourth-order valence-corrected chi connectivity index (χ4v) is 3.36. The van der Waals surface area contributed by atoms with E-state index in [0.29, 0.717) is 15.4 Å². The number of benzene rings is 1. The minimum Gasteiger partial charge on any atom is -0.267 e. The van der Waals surface area contributed by atoms with E-state index < -0.39 is 5.82 Å². The quantitative estimate of drug-likeness (QED) is 0.550. The van der Waals surface area contributed by atoms with Gasteiger partial charge in [0.15, 0.2) is 5.16 Å². The predicted octanol–water partition coefficient (Wildman–Crippen LogP) is 3.20. The van der Waals surface area contributed by atoms with Crippen LogP contribution in [0.3, 0.4) is 0 Å². The van der Waals surface area contributed by atoms with Crippen molar-refractivity contribution in [3.63, 3.8) is 0 Å². The van der Waals surface area contributed by atoms with Crippen LogP contribution < -0.4 is 5.56 Å². The van der Waals surface area contributed by atoms with Gasteiger partial charge in [0.25, 0.3) is 5.56 Å². The standard InChI is InChI=1S/C14H8FN3OS2/c15-9-3-1-2-4-11(9)18-13(19)12-10(5-7-20-12)17-14(18)21-8-6-16/h1-5,7H,8H2. The minimum atomic E-state index is -0.504. The molecule has 104 valence electrons. The van der Waals surface area contributed by atoms with Crippen LogP contribution in [0.5, 0.6) is 0 Å². The Morgan fingerprint density at radius 1 is 1.38 bits per heavy atom. The molecule has 3 rings (SSSR count). The zero-order valence-electron chi connectivity index (χ0n) is 10.6. The molecule has 2 heterocycles. The second-order valence-electron chi connectivity index (χ2n) is 4.07. The van der Waals surface area contributed by atoms with Gasteiger partial charge in [-0.1, -0.05) is 23.9 Å². The summed E-state index contributed by atoms with van der Waals surface area (Å²) in [4.78, 5) is 17.0. The van der Waals surface area contributed by atoms with Crippen LogP contribution in [0.15, 0.2) is 45.7 Å². The van der Waals surface area contributed by atoms with Gasteiger partial charge in [-0.25, -0.2) is 9.37 Å². The Morgan fingerprint density at radius 3 is 2.95 bits per heavy atom. The summed E-state index contributed by atoms with van der Waals surface area (Å²) in [6, 6.07) is 9.75. The third-order valence-corrected chi connectivity index (χ3v) is 4.51. The third-order valence-electron chi connectivity index (χ3n) is 2.81. The number of halogens is 1. The highest BCUT2D eigenvalue weighted by atomic mass is 32.2. The van der Waals surface area contributed by atoms with E-state index in [0.717, 1.165) is 11.8 Å². The van der Waals surface area contributed by atoms with E-state index in [1.54, 1.807) is 23.6 Å². The summed E-state index contributed by atoms with van der Waals surface area (Å²) in [5.74, 6) is -0.368. The number of aromatic nitrogens is 2. The normalized spacial score (nSPS) is 10.7. The highest BCUT2D eigenvalue weighted by Crippen LogP contribution is 2.24. The van der Waals surface area contributed by atoms with Crippen LogP contribution in [-0.4, -0.2) is 15.3 Å². The average molecular weight is 317 g/mol. The number of thioether (sulfide) groups is 1. The lowest BCUT2D eigenvalue weighted by Crippen LogP contribution is -2.21. The monoisotopic (exact) mass is 317 g/mol. The topological polar surface area (TPSA) is 58.7 Å². The number of fused-ring (bicyclic) bond motifs is 1. The molecule has 0 N–H and O–H groups in total. The van der Waals surface area contributed by atoms with E-state index in [-0.39, 0.29) is 17.0 Å². The van der Waals surface area contributed by atoms with Crippen molar-refractivity contribution >= 4 is 33.3 Å². The van der Waals surface area contributed by atoms with Crippen molar-refractivity contribution in [2.75, 3.05) is 5.75 Å². The van der Waals surface area contributed by atoms with Crippen molar-refractivity contribution in [2.24, 2.45) is 0 Å². The molecule has 0 aliphatic carbocycles. The fourth-order valence-electron chi connectivity index (χ4n) is 1.93. The van der Waals surface area contributed by atoms with E-state index in [4.69, 9.17) is 5.26 Å². The molecular weight excluding hydrogens is 309 g/mol. The van der Waals surface area contributed by atoms with E-state index in [1.807, 2.05) is 6.07 Å². The first-order valence-electron chi connectivity index (χ1n) is 5.97. The van der Waals surface area contributed by atoms with Gasteiger partial charge in [0.2, 0.25) is 0 Å². The molecular formula is C14H8FN3OS2. The summed E-state index contributed by atoms with van der Waals surface area (Å²) < 4.78 is 15.7. The van der Waals surface area contributed by atoms with Gasteiger partial charge in [-0.05, 0) is 23.6 Å². The lowest BCUT2D eigenvalue weighted by molar-refractivity contribution is 0.608. The van der Waals surface area contributed by atoms with Crippen molar-refractivity contribution in [3.8, 4) is 11.8 Å². The maximum atomic E-state index is 14.0. The molecule has 7 heteroatoms. The summed E-state index contributed by atoms with van der Waals surface area (Å²) in [5, 5.41) is 10.8. The highest BCUT2D eigenvalue weighted by Gasteiger charge is 2.16. The van der Waals surface area contributed by atoms with Crippen molar-refractivity contribution in [3.05, 3.63) is 51.9 Å². The molecule has 0 bridgehead atoms. The first-order chi connectivity index (χ1) is 10.2. The van der Waals surface area contributed by atoms with Crippen LogP contribution in [0.25, 0.3) is 15.9 Å².